The highest BCUT2D eigenvalue weighted by molar-refractivity contribution is 5.36. The van der Waals surface area contributed by atoms with Crippen molar-refractivity contribution in [2.75, 3.05) is 13.7 Å². The molecule has 0 aliphatic rings. The number of furan rings is 1. The molecule has 1 atom stereocenters. The summed E-state index contributed by atoms with van der Waals surface area (Å²) in [6.07, 6.45) is 3.64. The van der Waals surface area contributed by atoms with Gasteiger partial charge in [0.2, 0.25) is 0 Å². The Balaban J connectivity index is 2.20. The fraction of sp³-hybridized carbons (Fsp3) is 0.375. The summed E-state index contributed by atoms with van der Waals surface area (Å²) in [5.41, 5.74) is 1.18. The molecule has 1 aromatic heterocycles. The molecule has 0 saturated carbocycles. The minimum Gasteiger partial charge on any atom is -0.496 e. The maximum absolute atomic E-state index is 5.46. The Labute approximate surface area is 114 Å². The Morgan fingerprint density at radius 1 is 1.21 bits per heavy atom. The van der Waals surface area contributed by atoms with Crippen molar-refractivity contribution in [3.63, 3.8) is 0 Å². The van der Waals surface area contributed by atoms with Gasteiger partial charge in [-0.1, -0.05) is 25.1 Å². The van der Waals surface area contributed by atoms with E-state index in [1.807, 2.05) is 30.3 Å². The van der Waals surface area contributed by atoms with Crippen LogP contribution >= 0.6 is 0 Å². The van der Waals surface area contributed by atoms with Crippen LogP contribution in [0.3, 0.4) is 0 Å². The summed E-state index contributed by atoms with van der Waals surface area (Å²) in [4.78, 5) is 0. The van der Waals surface area contributed by atoms with Crippen molar-refractivity contribution in [1.29, 1.82) is 0 Å². The van der Waals surface area contributed by atoms with Crippen LogP contribution < -0.4 is 10.1 Å². The van der Waals surface area contributed by atoms with Crippen molar-refractivity contribution in [3.05, 3.63) is 54.0 Å². The molecule has 102 valence electrons. The number of rotatable bonds is 7. The van der Waals surface area contributed by atoms with E-state index in [1.165, 1.54) is 5.56 Å². The van der Waals surface area contributed by atoms with Crippen LogP contribution in [-0.4, -0.2) is 13.7 Å². The van der Waals surface area contributed by atoms with Crippen LogP contribution in [0.25, 0.3) is 0 Å². The number of nitrogens with one attached hydrogen (secondary N) is 1. The van der Waals surface area contributed by atoms with Crippen molar-refractivity contribution in [1.82, 2.24) is 5.32 Å². The summed E-state index contributed by atoms with van der Waals surface area (Å²) in [5, 5.41) is 3.56. The molecule has 0 spiro atoms. The van der Waals surface area contributed by atoms with Gasteiger partial charge in [0.1, 0.15) is 11.5 Å². The van der Waals surface area contributed by atoms with Gasteiger partial charge >= 0.3 is 0 Å². The van der Waals surface area contributed by atoms with Gasteiger partial charge in [-0.25, -0.2) is 0 Å². The molecule has 0 bridgehead atoms. The van der Waals surface area contributed by atoms with E-state index in [4.69, 9.17) is 9.15 Å². The van der Waals surface area contributed by atoms with Crippen LogP contribution in [0.5, 0.6) is 5.75 Å². The molecule has 0 aliphatic carbocycles. The zero-order chi connectivity index (χ0) is 13.5. The van der Waals surface area contributed by atoms with Gasteiger partial charge in [-0.15, -0.1) is 0 Å². The highest BCUT2D eigenvalue weighted by atomic mass is 16.5. The predicted octanol–water partition coefficient (Wildman–Crippen LogP) is 3.57. The van der Waals surface area contributed by atoms with E-state index in [0.717, 1.165) is 30.9 Å². The Morgan fingerprint density at radius 3 is 2.74 bits per heavy atom. The maximum atomic E-state index is 5.46. The standard InChI is InChI=1S/C16H21NO2/c1-3-10-17-15(12-13-7-6-11-19-13)14-8-4-5-9-16(14)18-2/h4-9,11,15,17H,3,10,12H2,1-2H3. The lowest BCUT2D eigenvalue weighted by Gasteiger charge is -2.20. The van der Waals surface area contributed by atoms with E-state index in [0.29, 0.717) is 0 Å². The molecule has 1 unspecified atom stereocenters. The monoisotopic (exact) mass is 259 g/mol. The number of hydrogen-bond acceptors (Lipinski definition) is 3. The Bertz CT molecular complexity index is 479. The first-order chi connectivity index (χ1) is 9.35. The first kappa shape index (κ1) is 13.7. The van der Waals surface area contributed by atoms with E-state index < -0.39 is 0 Å². The normalized spacial score (nSPS) is 12.3. The molecule has 0 saturated heterocycles. The Hall–Kier alpha value is -1.74. The zero-order valence-corrected chi connectivity index (χ0v) is 11.6. The topological polar surface area (TPSA) is 34.4 Å². The minimum atomic E-state index is 0.210. The third kappa shape index (κ3) is 3.61. The molecule has 0 fully saturated rings. The zero-order valence-electron chi connectivity index (χ0n) is 11.6. The van der Waals surface area contributed by atoms with Crippen molar-refractivity contribution in [2.45, 2.75) is 25.8 Å². The lowest BCUT2D eigenvalue weighted by Crippen LogP contribution is -2.24. The van der Waals surface area contributed by atoms with Gasteiger partial charge in [-0.2, -0.15) is 0 Å². The van der Waals surface area contributed by atoms with Gasteiger partial charge in [-0.05, 0) is 31.2 Å². The van der Waals surface area contributed by atoms with Crippen LogP contribution in [0.2, 0.25) is 0 Å². The minimum absolute atomic E-state index is 0.210. The van der Waals surface area contributed by atoms with Gasteiger partial charge in [-0.3, -0.25) is 0 Å². The summed E-state index contributed by atoms with van der Waals surface area (Å²) >= 11 is 0. The van der Waals surface area contributed by atoms with Crippen molar-refractivity contribution < 1.29 is 9.15 Å². The van der Waals surface area contributed by atoms with Crippen LogP contribution in [-0.2, 0) is 6.42 Å². The third-order valence-electron chi connectivity index (χ3n) is 3.14. The molecule has 3 nitrogen and oxygen atoms in total. The van der Waals surface area contributed by atoms with E-state index in [9.17, 15) is 0 Å². The number of benzene rings is 1. The molecule has 0 radical (unpaired) electrons. The molecule has 1 N–H and O–H groups in total. The maximum Gasteiger partial charge on any atom is 0.123 e. The van der Waals surface area contributed by atoms with Gasteiger partial charge in [0.15, 0.2) is 0 Å². The third-order valence-corrected chi connectivity index (χ3v) is 3.14. The Kier molecular flexibility index (Phi) is 5.04. The SMILES string of the molecule is CCCNC(Cc1ccco1)c1ccccc1OC. The van der Waals surface area contributed by atoms with E-state index in [-0.39, 0.29) is 6.04 Å². The molecule has 1 aromatic carbocycles. The second-order valence-electron chi connectivity index (χ2n) is 4.53. The number of hydrogen-bond donors (Lipinski definition) is 1. The van der Waals surface area contributed by atoms with Gasteiger partial charge < -0.3 is 14.5 Å². The molecular weight excluding hydrogens is 238 g/mol. The first-order valence-corrected chi connectivity index (χ1v) is 6.73. The smallest absolute Gasteiger partial charge is 0.123 e. The summed E-state index contributed by atoms with van der Waals surface area (Å²) in [6.45, 7) is 3.14. The molecule has 3 heteroatoms. The largest absolute Gasteiger partial charge is 0.496 e. The highest BCUT2D eigenvalue weighted by Crippen LogP contribution is 2.27. The average molecular weight is 259 g/mol. The molecule has 2 rings (SSSR count). The van der Waals surface area contributed by atoms with Crippen molar-refractivity contribution in [2.24, 2.45) is 0 Å². The molecule has 19 heavy (non-hydrogen) atoms. The highest BCUT2D eigenvalue weighted by Gasteiger charge is 2.16. The fourth-order valence-corrected chi connectivity index (χ4v) is 2.19. The van der Waals surface area contributed by atoms with Crippen LogP contribution in [0.4, 0.5) is 0 Å². The molecular formula is C16H21NO2. The van der Waals surface area contributed by atoms with E-state index in [1.54, 1.807) is 13.4 Å². The van der Waals surface area contributed by atoms with Crippen molar-refractivity contribution >= 4 is 0 Å². The van der Waals surface area contributed by atoms with Gasteiger partial charge in [0.25, 0.3) is 0 Å². The van der Waals surface area contributed by atoms with Gasteiger partial charge in [0, 0.05) is 18.0 Å². The van der Waals surface area contributed by atoms with Crippen LogP contribution in [0.15, 0.2) is 47.1 Å². The number of para-hydroxylation sites is 1. The van der Waals surface area contributed by atoms with Gasteiger partial charge in [0.05, 0.1) is 13.4 Å². The van der Waals surface area contributed by atoms with Crippen LogP contribution in [0, 0.1) is 0 Å². The second-order valence-corrected chi connectivity index (χ2v) is 4.53. The average Bonchev–Trinajstić information content (AvgIpc) is 2.96. The summed E-state index contributed by atoms with van der Waals surface area (Å²) in [6, 6.07) is 12.3. The van der Waals surface area contributed by atoms with Crippen LogP contribution in [0.1, 0.15) is 30.7 Å². The summed E-state index contributed by atoms with van der Waals surface area (Å²) in [7, 11) is 1.71. The summed E-state index contributed by atoms with van der Waals surface area (Å²) < 4.78 is 10.9. The lowest BCUT2D eigenvalue weighted by molar-refractivity contribution is 0.391. The lowest BCUT2D eigenvalue weighted by atomic mass is 10.0. The fourth-order valence-electron chi connectivity index (χ4n) is 2.19. The quantitative estimate of drug-likeness (QED) is 0.825. The van der Waals surface area contributed by atoms with E-state index >= 15 is 0 Å². The molecule has 0 aliphatic heterocycles. The molecule has 2 aromatic rings. The first-order valence-electron chi connectivity index (χ1n) is 6.73. The van der Waals surface area contributed by atoms with Crippen molar-refractivity contribution in [3.8, 4) is 5.75 Å². The molecule has 0 amide bonds. The van der Waals surface area contributed by atoms with E-state index in [2.05, 4.69) is 18.3 Å². The molecule has 1 heterocycles. The Morgan fingerprint density at radius 2 is 2.05 bits per heavy atom. The number of ether oxygens (including phenoxy) is 1. The number of methoxy groups -OCH3 is 1. The second kappa shape index (κ2) is 7.00. The summed E-state index contributed by atoms with van der Waals surface area (Å²) in [5.74, 6) is 1.90. The predicted molar refractivity (Wildman–Crippen MR) is 76.4 cm³/mol.